The molecule has 0 spiro atoms. The van der Waals surface area contributed by atoms with Crippen LogP contribution in [0, 0.1) is 12.8 Å². The second kappa shape index (κ2) is 10.1. The van der Waals surface area contributed by atoms with Crippen LogP contribution in [0.1, 0.15) is 27.4 Å². The second-order valence-electron chi connectivity index (χ2n) is 8.78. The van der Waals surface area contributed by atoms with Crippen LogP contribution in [0.25, 0.3) is 0 Å². The van der Waals surface area contributed by atoms with Crippen molar-refractivity contribution in [1.82, 2.24) is 10.2 Å². The number of hydrogen-bond acceptors (Lipinski definition) is 4. The van der Waals surface area contributed by atoms with Gasteiger partial charge in [-0.15, -0.1) is 23.2 Å². The smallest absolute Gasteiger partial charge is 0.253 e. The topological polar surface area (TPSA) is 87.7 Å². The average Bonchev–Trinajstić information content (AvgIpc) is 3.33. The zero-order valence-electron chi connectivity index (χ0n) is 18.9. The van der Waals surface area contributed by atoms with Crippen molar-refractivity contribution in [2.75, 3.05) is 32.1 Å². The molecule has 1 saturated carbocycles. The van der Waals surface area contributed by atoms with Gasteiger partial charge in [-0.1, -0.05) is 29.3 Å². The van der Waals surface area contributed by atoms with Gasteiger partial charge in [0, 0.05) is 36.8 Å². The molecule has 186 valence electrons. The quantitative estimate of drug-likeness (QED) is 0.493. The Hall–Kier alpha value is -2.03. The number of methoxy groups -OCH3 is 1. The van der Waals surface area contributed by atoms with Crippen LogP contribution < -0.4 is 10.6 Å². The molecule has 35 heavy (non-hydrogen) atoms. The van der Waals surface area contributed by atoms with Crippen molar-refractivity contribution >= 4 is 69.8 Å². The predicted octanol–water partition coefficient (Wildman–Crippen LogP) is 4.41. The van der Waals surface area contributed by atoms with Gasteiger partial charge in [-0.2, -0.15) is 0 Å². The van der Waals surface area contributed by atoms with E-state index < -0.39 is 22.1 Å². The Balaban J connectivity index is 1.40. The van der Waals surface area contributed by atoms with E-state index in [1.165, 1.54) is 19.2 Å². The fourth-order valence-corrected chi connectivity index (χ4v) is 5.59. The predicted molar refractivity (Wildman–Crippen MR) is 137 cm³/mol. The lowest BCUT2D eigenvalue weighted by molar-refractivity contribution is -0.139. The Kier molecular flexibility index (Phi) is 7.55. The van der Waals surface area contributed by atoms with E-state index >= 15 is 0 Å². The Morgan fingerprint density at radius 3 is 2.49 bits per heavy atom. The van der Waals surface area contributed by atoms with Gasteiger partial charge in [0.1, 0.15) is 10.9 Å². The van der Waals surface area contributed by atoms with Crippen LogP contribution in [0.2, 0.25) is 10.0 Å². The van der Waals surface area contributed by atoms with Crippen molar-refractivity contribution in [3.63, 3.8) is 0 Å². The molecule has 4 rings (SSSR count). The number of nitrogens with zero attached hydrogens (tertiary/aromatic N) is 1. The summed E-state index contributed by atoms with van der Waals surface area (Å²) in [5.41, 5.74) is 2.31. The number of alkyl halides is 2. The zero-order chi connectivity index (χ0) is 25.5. The van der Waals surface area contributed by atoms with Gasteiger partial charge in [0.25, 0.3) is 5.91 Å². The molecule has 2 unspecified atom stereocenters. The molecule has 0 bridgehead atoms. The van der Waals surface area contributed by atoms with E-state index in [2.05, 4.69) is 10.6 Å². The number of amides is 3. The lowest BCUT2D eigenvalue weighted by Gasteiger charge is -2.39. The highest BCUT2D eigenvalue weighted by molar-refractivity contribution is 6.53. The summed E-state index contributed by atoms with van der Waals surface area (Å²) in [5, 5.41) is 6.40. The largest absolute Gasteiger partial charge is 0.375 e. The molecule has 1 heterocycles. The number of likely N-dealkylation sites (tertiary alicyclic amines) is 1. The first kappa shape index (κ1) is 26.0. The number of anilines is 1. The molecule has 1 saturated heterocycles. The minimum atomic E-state index is -1.27. The molecule has 1 aliphatic carbocycles. The number of hydrogen-bond donors (Lipinski definition) is 2. The van der Waals surface area contributed by atoms with Crippen LogP contribution in [-0.2, 0) is 14.3 Å². The van der Waals surface area contributed by atoms with Crippen molar-refractivity contribution < 1.29 is 19.1 Å². The Labute approximate surface area is 223 Å². The number of halogens is 4. The highest BCUT2D eigenvalue weighted by atomic mass is 35.5. The van der Waals surface area contributed by atoms with E-state index in [1.54, 1.807) is 17.0 Å². The number of ether oxygens (including phenoxy) is 1. The second-order valence-corrected chi connectivity index (χ2v) is 11.1. The van der Waals surface area contributed by atoms with E-state index in [-0.39, 0.29) is 35.0 Å². The number of aryl methyl sites for hydroxylation is 1. The van der Waals surface area contributed by atoms with Crippen molar-refractivity contribution in [3.05, 3.63) is 63.1 Å². The lowest BCUT2D eigenvalue weighted by Crippen LogP contribution is -2.61. The van der Waals surface area contributed by atoms with Gasteiger partial charge in [0.15, 0.2) is 0 Å². The Bertz CT molecular complexity index is 1160. The molecule has 2 atom stereocenters. The van der Waals surface area contributed by atoms with E-state index in [9.17, 15) is 14.4 Å². The minimum absolute atomic E-state index is 0.00109. The maximum absolute atomic E-state index is 13.0. The summed E-state index contributed by atoms with van der Waals surface area (Å²) in [4.78, 5) is 39.1. The van der Waals surface area contributed by atoms with Crippen LogP contribution in [0.15, 0.2) is 36.4 Å². The van der Waals surface area contributed by atoms with Gasteiger partial charge in [-0.3, -0.25) is 14.4 Å². The first-order valence-corrected chi connectivity index (χ1v) is 12.3. The lowest BCUT2D eigenvalue weighted by atomic mass is 10.1. The van der Waals surface area contributed by atoms with E-state index in [0.29, 0.717) is 23.8 Å². The fraction of sp³-hybridized carbons (Fsp3) is 0.375. The number of rotatable bonds is 7. The van der Waals surface area contributed by atoms with Crippen LogP contribution in [0.3, 0.4) is 0 Å². The number of carbonyl (C=O) groups excluding carboxylic acids is 3. The van der Waals surface area contributed by atoms with Crippen LogP contribution >= 0.6 is 46.4 Å². The SMILES string of the molecule is COCC(=O)N1CC(NC(=O)c2cc(NC(=O)C3C(c4cc(C)cc(Cl)c4)C3(Cl)Cl)ccc2Cl)C1. The summed E-state index contributed by atoms with van der Waals surface area (Å²) < 4.78 is 3.56. The molecule has 3 amide bonds. The molecule has 1 aliphatic heterocycles. The van der Waals surface area contributed by atoms with Crippen molar-refractivity contribution in [3.8, 4) is 0 Å². The third kappa shape index (κ3) is 5.54. The van der Waals surface area contributed by atoms with Gasteiger partial charge in [0.05, 0.1) is 22.5 Å². The van der Waals surface area contributed by atoms with Crippen molar-refractivity contribution in [1.29, 1.82) is 0 Å². The van der Waals surface area contributed by atoms with Crippen molar-refractivity contribution in [2.45, 2.75) is 23.2 Å². The standard InChI is InChI=1S/C24H23Cl4N3O4/c1-12-5-13(7-14(25)6-12)20-21(24(20,27)28)23(34)29-15-3-4-18(26)17(8-15)22(33)30-16-9-31(10-16)19(32)11-35-2/h3-8,16,20-21H,9-11H2,1-2H3,(H,29,34)(H,30,33). The number of nitrogens with one attached hydrogen (secondary N) is 2. The monoisotopic (exact) mass is 557 g/mol. The summed E-state index contributed by atoms with van der Waals surface area (Å²) >= 11 is 25.3. The highest BCUT2D eigenvalue weighted by Gasteiger charge is 2.67. The highest BCUT2D eigenvalue weighted by Crippen LogP contribution is 2.65. The molecular weight excluding hydrogens is 536 g/mol. The van der Waals surface area contributed by atoms with Crippen molar-refractivity contribution in [2.24, 2.45) is 5.92 Å². The van der Waals surface area contributed by atoms with E-state index in [4.69, 9.17) is 51.1 Å². The molecule has 2 aliphatic rings. The van der Waals surface area contributed by atoms with Gasteiger partial charge >= 0.3 is 0 Å². The van der Waals surface area contributed by atoms with Gasteiger partial charge < -0.3 is 20.3 Å². The maximum Gasteiger partial charge on any atom is 0.253 e. The third-order valence-electron chi connectivity index (χ3n) is 6.08. The van der Waals surface area contributed by atoms with E-state index in [0.717, 1.165) is 11.1 Å². The summed E-state index contributed by atoms with van der Waals surface area (Å²) in [6, 6.07) is 9.88. The average molecular weight is 559 g/mol. The van der Waals surface area contributed by atoms with E-state index in [1.807, 2.05) is 19.1 Å². The fourth-order valence-electron chi connectivity index (χ4n) is 4.26. The third-order valence-corrected chi connectivity index (χ3v) is 7.56. The molecule has 2 fully saturated rings. The Morgan fingerprint density at radius 2 is 1.83 bits per heavy atom. The summed E-state index contributed by atoms with van der Waals surface area (Å²) in [6.45, 7) is 2.68. The molecule has 7 nitrogen and oxygen atoms in total. The summed E-state index contributed by atoms with van der Waals surface area (Å²) in [7, 11) is 1.45. The normalized spacial score (nSPS) is 20.7. The zero-order valence-corrected chi connectivity index (χ0v) is 21.9. The molecule has 0 aromatic heterocycles. The first-order valence-electron chi connectivity index (χ1n) is 10.8. The van der Waals surface area contributed by atoms with Crippen LogP contribution in [-0.4, -0.2) is 59.8 Å². The minimum Gasteiger partial charge on any atom is -0.375 e. The van der Waals surface area contributed by atoms with Crippen LogP contribution in [0.4, 0.5) is 5.69 Å². The molecule has 0 radical (unpaired) electrons. The maximum atomic E-state index is 13.0. The van der Waals surface area contributed by atoms with Gasteiger partial charge in [-0.25, -0.2) is 0 Å². The first-order chi connectivity index (χ1) is 16.5. The molecule has 2 aromatic carbocycles. The molecular formula is C24H23Cl4N3O4. The molecule has 2 N–H and O–H groups in total. The molecule has 2 aromatic rings. The van der Waals surface area contributed by atoms with Crippen LogP contribution in [0.5, 0.6) is 0 Å². The Morgan fingerprint density at radius 1 is 1.11 bits per heavy atom. The number of benzene rings is 2. The van der Waals surface area contributed by atoms with Gasteiger partial charge in [-0.05, 0) is 48.4 Å². The summed E-state index contributed by atoms with van der Waals surface area (Å²) in [5.74, 6) is -2.03. The number of carbonyl (C=O) groups is 3. The molecule has 11 heteroatoms. The summed E-state index contributed by atoms with van der Waals surface area (Å²) in [6.07, 6.45) is 0. The van der Waals surface area contributed by atoms with Gasteiger partial charge in [0.2, 0.25) is 11.8 Å².